The van der Waals surface area contributed by atoms with E-state index in [9.17, 15) is 9.59 Å². The molecule has 2 aromatic carbocycles. The van der Waals surface area contributed by atoms with Crippen molar-refractivity contribution in [3.63, 3.8) is 0 Å². The molecule has 0 bridgehead atoms. The molecule has 1 heterocycles. The smallest absolute Gasteiger partial charge is 0.273 e. The Labute approximate surface area is 155 Å². The zero-order valence-corrected chi connectivity index (χ0v) is 15.2. The van der Waals surface area contributed by atoms with Crippen molar-refractivity contribution in [2.24, 2.45) is 0 Å². The molecule has 0 atom stereocenters. The number of aryl methyl sites for hydroxylation is 1. The summed E-state index contributed by atoms with van der Waals surface area (Å²) in [5.41, 5.74) is 5.51. The van der Waals surface area contributed by atoms with Crippen molar-refractivity contribution in [3.05, 3.63) is 76.2 Å². The first-order chi connectivity index (χ1) is 12.0. The lowest BCUT2D eigenvalue weighted by Gasteiger charge is -2.15. The summed E-state index contributed by atoms with van der Waals surface area (Å²) in [6.45, 7) is 1.99. The Morgan fingerprint density at radius 3 is 2.68 bits per heavy atom. The molecule has 0 saturated carbocycles. The van der Waals surface area contributed by atoms with E-state index in [-0.39, 0.29) is 18.2 Å². The second-order valence-electron chi connectivity index (χ2n) is 5.63. The first-order valence-corrected chi connectivity index (χ1v) is 8.93. The average molecular weight is 368 g/mol. The lowest BCUT2D eigenvalue weighted by atomic mass is 10.1. The van der Waals surface area contributed by atoms with Crippen LogP contribution in [0.15, 0.2) is 59.5 Å². The van der Waals surface area contributed by atoms with Gasteiger partial charge in [-0.15, -0.1) is 0 Å². The fourth-order valence-electron chi connectivity index (χ4n) is 2.42. The fraction of sp³-hybridized carbons (Fsp3) is 0.105. The van der Waals surface area contributed by atoms with Crippen LogP contribution < -0.4 is 5.43 Å². The molecule has 3 rings (SSSR count). The van der Waals surface area contributed by atoms with Crippen molar-refractivity contribution in [2.75, 3.05) is 0 Å². The molecule has 1 saturated heterocycles. The van der Waals surface area contributed by atoms with Crippen LogP contribution in [0.3, 0.4) is 0 Å². The van der Waals surface area contributed by atoms with Crippen LogP contribution in [0.5, 0.6) is 0 Å². The molecule has 0 spiro atoms. The minimum atomic E-state index is -0.307. The standard InChI is InChI=1S/C19H16N2O2S2/c1-13-6-5-9-15(10-13)11-16-18(23)21(19(24)25-16)20-17(22)12-14-7-3-2-4-8-14/h2-11H,12H2,1H3,(H,20,22)/b16-11-. The van der Waals surface area contributed by atoms with Crippen LogP contribution in [0.1, 0.15) is 16.7 Å². The third-order valence-corrected chi connectivity index (χ3v) is 4.88. The highest BCUT2D eigenvalue weighted by Crippen LogP contribution is 2.31. The minimum absolute atomic E-state index is 0.189. The second kappa shape index (κ2) is 7.63. The summed E-state index contributed by atoms with van der Waals surface area (Å²) >= 11 is 6.42. The van der Waals surface area contributed by atoms with Crippen LogP contribution in [0.4, 0.5) is 0 Å². The van der Waals surface area contributed by atoms with Crippen molar-refractivity contribution >= 4 is 46.2 Å². The van der Waals surface area contributed by atoms with Gasteiger partial charge in [-0.25, -0.2) is 0 Å². The van der Waals surface area contributed by atoms with Gasteiger partial charge in [0.05, 0.1) is 11.3 Å². The minimum Gasteiger partial charge on any atom is -0.273 e. The Kier molecular flexibility index (Phi) is 5.31. The lowest BCUT2D eigenvalue weighted by Crippen LogP contribution is -2.45. The van der Waals surface area contributed by atoms with E-state index in [4.69, 9.17) is 12.2 Å². The molecular weight excluding hydrogens is 352 g/mol. The molecule has 1 N–H and O–H groups in total. The van der Waals surface area contributed by atoms with Crippen LogP contribution in [0, 0.1) is 6.92 Å². The van der Waals surface area contributed by atoms with Crippen molar-refractivity contribution in [2.45, 2.75) is 13.3 Å². The molecule has 0 aromatic heterocycles. The summed E-state index contributed by atoms with van der Waals surface area (Å²) < 4.78 is 0.324. The molecule has 2 aromatic rings. The molecule has 25 heavy (non-hydrogen) atoms. The van der Waals surface area contributed by atoms with Gasteiger partial charge in [0, 0.05) is 0 Å². The van der Waals surface area contributed by atoms with E-state index in [1.54, 1.807) is 6.08 Å². The average Bonchev–Trinajstić information content (AvgIpc) is 2.83. The van der Waals surface area contributed by atoms with Crippen molar-refractivity contribution in [1.29, 1.82) is 0 Å². The normalized spacial score (nSPS) is 15.7. The maximum atomic E-state index is 12.5. The highest BCUT2D eigenvalue weighted by Gasteiger charge is 2.33. The van der Waals surface area contributed by atoms with Gasteiger partial charge in [-0.3, -0.25) is 15.0 Å². The number of benzene rings is 2. The Balaban J connectivity index is 1.70. The van der Waals surface area contributed by atoms with E-state index < -0.39 is 0 Å². The number of carbonyl (C=O) groups excluding carboxylic acids is 2. The predicted octanol–water partition coefficient (Wildman–Crippen LogP) is 3.47. The number of thiocarbonyl (C=S) groups is 1. The van der Waals surface area contributed by atoms with Crippen LogP contribution >= 0.6 is 24.0 Å². The molecule has 1 fully saturated rings. The largest absolute Gasteiger partial charge is 0.285 e. The number of amides is 2. The Hall–Kier alpha value is -2.44. The first-order valence-electron chi connectivity index (χ1n) is 7.71. The Bertz CT molecular complexity index is 863. The summed E-state index contributed by atoms with van der Waals surface area (Å²) in [6, 6.07) is 17.2. The molecule has 2 amide bonds. The number of hydrazine groups is 1. The first kappa shape index (κ1) is 17.4. The van der Waals surface area contributed by atoms with Gasteiger partial charge in [0.1, 0.15) is 0 Å². The number of carbonyl (C=O) groups is 2. The highest BCUT2D eigenvalue weighted by molar-refractivity contribution is 8.26. The van der Waals surface area contributed by atoms with E-state index in [0.29, 0.717) is 9.23 Å². The number of hydrogen-bond acceptors (Lipinski definition) is 4. The Morgan fingerprint density at radius 2 is 1.96 bits per heavy atom. The summed E-state index contributed by atoms with van der Waals surface area (Å²) in [5.74, 6) is -0.586. The monoisotopic (exact) mass is 368 g/mol. The molecule has 126 valence electrons. The van der Waals surface area contributed by atoms with E-state index in [2.05, 4.69) is 5.43 Å². The van der Waals surface area contributed by atoms with E-state index >= 15 is 0 Å². The molecule has 6 heteroatoms. The zero-order valence-electron chi connectivity index (χ0n) is 13.6. The second-order valence-corrected chi connectivity index (χ2v) is 7.30. The fourth-order valence-corrected chi connectivity index (χ4v) is 3.60. The maximum Gasteiger partial charge on any atom is 0.285 e. The molecule has 1 aliphatic rings. The van der Waals surface area contributed by atoms with Crippen molar-refractivity contribution < 1.29 is 9.59 Å². The van der Waals surface area contributed by atoms with Gasteiger partial charge in [-0.2, -0.15) is 5.01 Å². The predicted molar refractivity (Wildman–Crippen MR) is 104 cm³/mol. The molecule has 0 unspecified atom stereocenters. The highest BCUT2D eigenvalue weighted by atomic mass is 32.2. The summed E-state index contributed by atoms with van der Waals surface area (Å²) in [7, 11) is 0. The number of nitrogens with zero attached hydrogens (tertiary/aromatic N) is 1. The lowest BCUT2D eigenvalue weighted by molar-refractivity contribution is -0.132. The van der Waals surface area contributed by atoms with E-state index in [0.717, 1.165) is 21.7 Å². The van der Waals surface area contributed by atoms with Gasteiger partial charge >= 0.3 is 0 Å². The third kappa shape index (κ3) is 4.35. The van der Waals surface area contributed by atoms with E-state index in [1.807, 2.05) is 61.5 Å². The SMILES string of the molecule is Cc1cccc(/C=C2\SC(=S)N(NC(=O)Cc3ccccc3)C2=O)c1. The van der Waals surface area contributed by atoms with Gasteiger partial charge in [0.2, 0.25) is 5.91 Å². The van der Waals surface area contributed by atoms with Crippen LogP contribution in [0.2, 0.25) is 0 Å². The topological polar surface area (TPSA) is 49.4 Å². The molecule has 0 aliphatic carbocycles. The molecule has 0 radical (unpaired) electrons. The summed E-state index contributed by atoms with van der Waals surface area (Å²) in [4.78, 5) is 25.2. The van der Waals surface area contributed by atoms with Gasteiger partial charge in [-0.05, 0) is 36.3 Å². The van der Waals surface area contributed by atoms with Crippen LogP contribution in [-0.2, 0) is 16.0 Å². The number of hydrogen-bond donors (Lipinski definition) is 1. The summed E-state index contributed by atoms with van der Waals surface area (Å²) in [5, 5.41) is 1.15. The quantitative estimate of drug-likeness (QED) is 0.663. The number of thioether (sulfide) groups is 1. The number of rotatable bonds is 4. The Morgan fingerprint density at radius 1 is 1.20 bits per heavy atom. The van der Waals surface area contributed by atoms with Crippen LogP contribution in [-0.4, -0.2) is 21.1 Å². The van der Waals surface area contributed by atoms with Crippen molar-refractivity contribution in [1.82, 2.24) is 10.4 Å². The van der Waals surface area contributed by atoms with Crippen molar-refractivity contribution in [3.8, 4) is 0 Å². The molecule has 4 nitrogen and oxygen atoms in total. The summed E-state index contributed by atoms with van der Waals surface area (Å²) in [6.07, 6.45) is 1.98. The van der Waals surface area contributed by atoms with Crippen LogP contribution in [0.25, 0.3) is 6.08 Å². The number of nitrogens with one attached hydrogen (secondary N) is 1. The molecular formula is C19H16N2O2S2. The third-order valence-electron chi connectivity index (χ3n) is 3.58. The maximum absolute atomic E-state index is 12.5. The molecule has 1 aliphatic heterocycles. The van der Waals surface area contributed by atoms with Gasteiger partial charge < -0.3 is 0 Å². The van der Waals surface area contributed by atoms with Gasteiger partial charge in [0.15, 0.2) is 4.32 Å². The zero-order chi connectivity index (χ0) is 17.8. The van der Waals surface area contributed by atoms with Gasteiger partial charge in [0.25, 0.3) is 5.91 Å². The van der Waals surface area contributed by atoms with Gasteiger partial charge in [-0.1, -0.05) is 71.9 Å². The van der Waals surface area contributed by atoms with E-state index in [1.165, 1.54) is 11.8 Å².